The van der Waals surface area contributed by atoms with Crippen LogP contribution in [0.2, 0.25) is 0 Å². The zero-order valence-electron chi connectivity index (χ0n) is 10.9. The average molecular weight is 383 g/mol. The molecule has 2 aromatic carbocycles. The van der Waals surface area contributed by atoms with Crippen LogP contribution in [0.4, 0.5) is 5.69 Å². The first-order valence-electron chi connectivity index (χ1n) is 6.00. The van der Waals surface area contributed by atoms with Gasteiger partial charge in [0.15, 0.2) is 6.61 Å². The molecule has 0 fully saturated rings. The third-order valence-corrected chi connectivity index (χ3v) is 3.22. The number of hydrogen-bond donors (Lipinski definition) is 1. The number of anilines is 1. The lowest BCUT2D eigenvalue weighted by atomic mass is 10.3. The highest BCUT2D eigenvalue weighted by molar-refractivity contribution is 14.1. The topological polar surface area (TPSA) is 47.6 Å². The molecule has 2 aromatic rings. The molecule has 0 bridgehead atoms. The summed E-state index contributed by atoms with van der Waals surface area (Å²) in [5, 5.41) is 2.76. The summed E-state index contributed by atoms with van der Waals surface area (Å²) in [7, 11) is 1.56. The summed E-state index contributed by atoms with van der Waals surface area (Å²) in [6, 6.07) is 14.8. The number of methoxy groups -OCH3 is 1. The van der Waals surface area contributed by atoms with Gasteiger partial charge in [0.1, 0.15) is 11.5 Å². The zero-order valence-corrected chi connectivity index (χ0v) is 13.1. The molecule has 5 heteroatoms. The third kappa shape index (κ3) is 4.12. The third-order valence-electron chi connectivity index (χ3n) is 2.55. The second-order valence-electron chi connectivity index (χ2n) is 3.99. The van der Waals surface area contributed by atoms with Gasteiger partial charge in [-0.2, -0.15) is 0 Å². The summed E-state index contributed by atoms with van der Waals surface area (Å²) in [6.07, 6.45) is 0. The lowest BCUT2D eigenvalue weighted by Crippen LogP contribution is -2.20. The molecule has 0 unspecified atom stereocenters. The van der Waals surface area contributed by atoms with Crippen LogP contribution in [-0.4, -0.2) is 19.6 Å². The molecule has 1 amide bonds. The SMILES string of the molecule is COc1ccccc1NC(=O)COc1cccc(I)c1. The highest BCUT2D eigenvalue weighted by atomic mass is 127. The first-order valence-corrected chi connectivity index (χ1v) is 7.08. The maximum atomic E-state index is 11.8. The van der Waals surface area contributed by atoms with Gasteiger partial charge in [-0.15, -0.1) is 0 Å². The van der Waals surface area contributed by atoms with Crippen molar-refractivity contribution in [2.75, 3.05) is 19.0 Å². The fourth-order valence-corrected chi connectivity index (χ4v) is 2.15. The van der Waals surface area contributed by atoms with Crippen LogP contribution >= 0.6 is 22.6 Å². The van der Waals surface area contributed by atoms with E-state index in [0.717, 1.165) is 3.57 Å². The number of para-hydroxylation sites is 2. The monoisotopic (exact) mass is 383 g/mol. The number of ether oxygens (including phenoxy) is 2. The Balaban J connectivity index is 1.93. The van der Waals surface area contributed by atoms with Gasteiger partial charge < -0.3 is 14.8 Å². The molecule has 0 aromatic heterocycles. The highest BCUT2D eigenvalue weighted by Gasteiger charge is 2.07. The van der Waals surface area contributed by atoms with Crippen molar-refractivity contribution in [3.8, 4) is 11.5 Å². The van der Waals surface area contributed by atoms with Crippen LogP contribution in [0.15, 0.2) is 48.5 Å². The molecule has 104 valence electrons. The summed E-state index contributed by atoms with van der Waals surface area (Å²) in [5.74, 6) is 1.07. The van der Waals surface area contributed by atoms with Crippen LogP contribution < -0.4 is 14.8 Å². The fourth-order valence-electron chi connectivity index (χ4n) is 1.64. The predicted octanol–water partition coefficient (Wildman–Crippen LogP) is 3.32. The quantitative estimate of drug-likeness (QED) is 0.806. The van der Waals surface area contributed by atoms with Crippen molar-refractivity contribution >= 4 is 34.2 Å². The molecule has 0 saturated carbocycles. The molecule has 20 heavy (non-hydrogen) atoms. The van der Waals surface area contributed by atoms with Gasteiger partial charge in [0.05, 0.1) is 12.8 Å². The number of rotatable bonds is 5. The van der Waals surface area contributed by atoms with Crippen LogP contribution in [-0.2, 0) is 4.79 Å². The fraction of sp³-hybridized carbons (Fsp3) is 0.133. The number of amides is 1. The predicted molar refractivity (Wildman–Crippen MR) is 86.3 cm³/mol. The minimum absolute atomic E-state index is 0.0435. The number of hydrogen-bond acceptors (Lipinski definition) is 3. The van der Waals surface area contributed by atoms with E-state index >= 15 is 0 Å². The van der Waals surface area contributed by atoms with Gasteiger partial charge in [0, 0.05) is 3.57 Å². The van der Waals surface area contributed by atoms with Crippen molar-refractivity contribution in [2.45, 2.75) is 0 Å². The molecule has 0 radical (unpaired) electrons. The maximum Gasteiger partial charge on any atom is 0.262 e. The van der Waals surface area contributed by atoms with Gasteiger partial charge in [-0.25, -0.2) is 0 Å². The van der Waals surface area contributed by atoms with Crippen molar-refractivity contribution in [1.29, 1.82) is 0 Å². The van der Waals surface area contributed by atoms with E-state index in [9.17, 15) is 4.79 Å². The summed E-state index contributed by atoms with van der Waals surface area (Å²) < 4.78 is 11.7. The Bertz CT molecular complexity index is 601. The van der Waals surface area contributed by atoms with Crippen LogP contribution in [0, 0.1) is 3.57 Å². The van der Waals surface area contributed by atoms with Crippen LogP contribution in [0.3, 0.4) is 0 Å². The molecule has 1 N–H and O–H groups in total. The Morgan fingerprint density at radius 3 is 2.75 bits per heavy atom. The number of carbonyl (C=O) groups is 1. The van der Waals surface area contributed by atoms with E-state index < -0.39 is 0 Å². The van der Waals surface area contributed by atoms with E-state index in [1.165, 1.54) is 0 Å². The van der Waals surface area contributed by atoms with Crippen molar-refractivity contribution in [3.63, 3.8) is 0 Å². The molecular formula is C15H14INO3. The van der Waals surface area contributed by atoms with Gasteiger partial charge in [-0.3, -0.25) is 4.79 Å². The van der Waals surface area contributed by atoms with E-state index in [1.807, 2.05) is 36.4 Å². The number of benzene rings is 2. The Labute approximate surface area is 131 Å². The lowest BCUT2D eigenvalue weighted by Gasteiger charge is -2.10. The maximum absolute atomic E-state index is 11.8. The summed E-state index contributed by atoms with van der Waals surface area (Å²) in [5.41, 5.74) is 0.631. The molecule has 0 aliphatic heterocycles. The van der Waals surface area contributed by atoms with E-state index in [-0.39, 0.29) is 12.5 Å². The number of nitrogens with one attached hydrogen (secondary N) is 1. The van der Waals surface area contributed by atoms with Crippen molar-refractivity contribution < 1.29 is 14.3 Å². The molecule has 0 saturated heterocycles. The minimum atomic E-state index is -0.228. The number of halogens is 1. The molecule has 0 aliphatic carbocycles. The first-order chi connectivity index (χ1) is 9.69. The lowest BCUT2D eigenvalue weighted by molar-refractivity contribution is -0.118. The molecular weight excluding hydrogens is 369 g/mol. The molecule has 4 nitrogen and oxygen atoms in total. The minimum Gasteiger partial charge on any atom is -0.495 e. The Kier molecular flexibility index (Phi) is 5.23. The second kappa shape index (κ2) is 7.14. The molecule has 0 aliphatic rings. The smallest absolute Gasteiger partial charge is 0.262 e. The summed E-state index contributed by atoms with van der Waals surface area (Å²) >= 11 is 2.19. The van der Waals surface area contributed by atoms with Crippen LogP contribution in [0.25, 0.3) is 0 Å². The Hall–Kier alpha value is -1.76. The molecule has 0 spiro atoms. The zero-order chi connectivity index (χ0) is 14.4. The largest absolute Gasteiger partial charge is 0.495 e. The van der Waals surface area contributed by atoms with E-state index in [4.69, 9.17) is 9.47 Å². The number of carbonyl (C=O) groups excluding carboxylic acids is 1. The van der Waals surface area contributed by atoms with Gasteiger partial charge in [-0.1, -0.05) is 18.2 Å². The van der Waals surface area contributed by atoms with Crippen molar-refractivity contribution in [1.82, 2.24) is 0 Å². The standard InChI is InChI=1S/C15H14INO3/c1-19-14-8-3-2-7-13(14)17-15(18)10-20-12-6-4-5-11(16)9-12/h2-9H,10H2,1H3,(H,17,18). The van der Waals surface area contributed by atoms with Crippen LogP contribution in [0.1, 0.15) is 0 Å². The normalized spacial score (nSPS) is 9.90. The van der Waals surface area contributed by atoms with Gasteiger partial charge >= 0.3 is 0 Å². The van der Waals surface area contributed by atoms with Crippen LogP contribution in [0.5, 0.6) is 11.5 Å². The summed E-state index contributed by atoms with van der Waals surface area (Å²) in [6.45, 7) is -0.0435. The highest BCUT2D eigenvalue weighted by Crippen LogP contribution is 2.23. The van der Waals surface area contributed by atoms with Gasteiger partial charge in [0.25, 0.3) is 5.91 Å². The van der Waals surface area contributed by atoms with E-state index in [0.29, 0.717) is 17.2 Å². The molecule has 0 heterocycles. The second-order valence-corrected chi connectivity index (χ2v) is 5.24. The van der Waals surface area contributed by atoms with E-state index in [1.54, 1.807) is 19.2 Å². The molecule has 2 rings (SSSR count). The van der Waals surface area contributed by atoms with Gasteiger partial charge in [0.2, 0.25) is 0 Å². The van der Waals surface area contributed by atoms with Gasteiger partial charge in [-0.05, 0) is 52.9 Å². The van der Waals surface area contributed by atoms with Crippen molar-refractivity contribution in [3.05, 3.63) is 52.1 Å². The Morgan fingerprint density at radius 2 is 2.00 bits per heavy atom. The first kappa shape index (κ1) is 14.6. The average Bonchev–Trinajstić information content (AvgIpc) is 2.46. The Morgan fingerprint density at radius 1 is 1.20 bits per heavy atom. The molecule has 0 atom stereocenters. The van der Waals surface area contributed by atoms with E-state index in [2.05, 4.69) is 27.9 Å². The van der Waals surface area contributed by atoms with Crippen molar-refractivity contribution in [2.24, 2.45) is 0 Å². The summed E-state index contributed by atoms with van der Waals surface area (Å²) in [4.78, 5) is 11.8.